The van der Waals surface area contributed by atoms with Gasteiger partial charge in [-0.2, -0.15) is 4.98 Å². The summed E-state index contributed by atoms with van der Waals surface area (Å²) < 4.78 is 31.3. The van der Waals surface area contributed by atoms with Crippen molar-refractivity contribution in [2.45, 2.75) is 18.7 Å². The zero-order valence-electron chi connectivity index (χ0n) is 14.8. The molecule has 3 rings (SSSR count). The van der Waals surface area contributed by atoms with Gasteiger partial charge in [0, 0.05) is 30.3 Å². The molecule has 0 saturated carbocycles. The van der Waals surface area contributed by atoms with Crippen LogP contribution in [0.3, 0.4) is 0 Å². The third-order valence-electron chi connectivity index (χ3n) is 3.67. The summed E-state index contributed by atoms with van der Waals surface area (Å²) in [5.41, 5.74) is 1.60. The lowest BCUT2D eigenvalue weighted by atomic mass is 10.1. The van der Waals surface area contributed by atoms with Crippen molar-refractivity contribution in [1.29, 1.82) is 0 Å². The van der Waals surface area contributed by atoms with Crippen LogP contribution in [0.25, 0.3) is 11.4 Å². The molecule has 2 N–H and O–H groups in total. The highest BCUT2D eigenvalue weighted by Gasteiger charge is 2.14. The lowest BCUT2D eigenvalue weighted by Crippen LogP contribution is -2.23. The molecule has 0 spiro atoms. The molecule has 0 unspecified atom stereocenters. The number of aromatic nitrogens is 2. The number of amides is 1. The second-order valence-corrected chi connectivity index (χ2v) is 7.46. The molecule has 9 heteroatoms. The molecule has 0 aliphatic rings. The van der Waals surface area contributed by atoms with E-state index >= 15 is 0 Å². The fourth-order valence-electron chi connectivity index (χ4n) is 2.41. The summed E-state index contributed by atoms with van der Waals surface area (Å²) in [7, 11) is -3.55. The Kier molecular flexibility index (Phi) is 5.33. The van der Waals surface area contributed by atoms with E-state index in [2.05, 4.69) is 20.2 Å². The third-order valence-corrected chi connectivity index (χ3v) is 5.23. The SMILES string of the molecule is CCNS(=O)(=O)c1ccc(C(=O)Nc2cccc(-c3noc(C)n3)c2)cc1. The van der Waals surface area contributed by atoms with Gasteiger partial charge in [-0.1, -0.05) is 24.2 Å². The quantitative estimate of drug-likeness (QED) is 0.673. The summed E-state index contributed by atoms with van der Waals surface area (Å²) in [5.74, 6) is 0.525. The first-order valence-corrected chi connectivity index (χ1v) is 9.69. The van der Waals surface area contributed by atoms with E-state index in [9.17, 15) is 13.2 Å². The lowest BCUT2D eigenvalue weighted by Gasteiger charge is -2.08. The molecule has 0 aliphatic carbocycles. The van der Waals surface area contributed by atoms with E-state index in [0.717, 1.165) is 0 Å². The van der Waals surface area contributed by atoms with E-state index in [4.69, 9.17) is 4.52 Å². The highest BCUT2D eigenvalue weighted by atomic mass is 32.2. The van der Waals surface area contributed by atoms with Gasteiger partial charge in [0.05, 0.1) is 4.90 Å². The number of carbonyl (C=O) groups excluding carboxylic acids is 1. The molecule has 1 aromatic heterocycles. The smallest absolute Gasteiger partial charge is 0.255 e. The van der Waals surface area contributed by atoms with Gasteiger partial charge in [0.15, 0.2) is 0 Å². The highest BCUT2D eigenvalue weighted by molar-refractivity contribution is 7.89. The monoisotopic (exact) mass is 386 g/mol. The summed E-state index contributed by atoms with van der Waals surface area (Å²) in [6.07, 6.45) is 0. The molecule has 0 radical (unpaired) electrons. The van der Waals surface area contributed by atoms with E-state index in [1.807, 2.05) is 0 Å². The van der Waals surface area contributed by atoms with Crippen LogP contribution in [0.5, 0.6) is 0 Å². The van der Waals surface area contributed by atoms with Gasteiger partial charge in [-0.3, -0.25) is 4.79 Å². The van der Waals surface area contributed by atoms with E-state index in [0.29, 0.717) is 35.1 Å². The van der Waals surface area contributed by atoms with Gasteiger partial charge in [0.25, 0.3) is 5.91 Å². The molecular weight excluding hydrogens is 368 g/mol. The average molecular weight is 386 g/mol. The zero-order chi connectivity index (χ0) is 19.4. The van der Waals surface area contributed by atoms with Crippen LogP contribution in [0.15, 0.2) is 57.9 Å². The standard InChI is InChI=1S/C18H18N4O4S/c1-3-19-27(24,25)16-9-7-13(8-10-16)18(23)21-15-6-4-5-14(11-15)17-20-12(2)26-22-17/h4-11,19H,3H2,1-2H3,(H,21,23). The number of nitrogens with one attached hydrogen (secondary N) is 2. The van der Waals surface area contributed by atoms with Crippen LogP contribution in [0.1, 0.15) is 23.2 Å². The molecule has 1 amide bonds. The Labute approximate surface area is 156 Å². The number of rotatable bonds is 6. The fraction of sp³-hybridized carbons (Fsp3) is 0.167. The molecule has 1 heterocycles. The van der Waals surface area contributed by atoms with Crippen molar-refractivity contribution in [3.63, 3.8) is 0 Å². The molecule has 0 bridgehead atoms. The van der Waals surface area contributed by atoms with Gasteiger partial charge in [-0.15, -0.1) is 0 Å². The first kappa shape index (κ1) is 18.7. The van der Waals surface area contributed by atoms with Gasteiger partial charge in [-0.05, 0) is 36.4 Å². The Hall–Kier alpha value is -3.04. The average Bonchev–Trinajstić information content (AvgIpc) is 3.08. The van der Waals surface area contributed by atoms with Crippen LogP contribution in [0, 0.1) is 6.92 Å². The number of sulfonamides is 1. The molecule has 8 nitrogen and oxygen atoms in total. The summed E-state index contributed by atoms with van der Waals surface area (Å²) >= 11 is 0. The van der Waals surface area contributed by atoms with Gasteiger partial charge in [0.1, 0.15) is 0 Å². The zero-order valence-corrected chi connectivity index (χ0v) is 15.6. The van der Waals surface area contributed by atoms with Crippen LogP contribution >= 0.6 is 0 Å². The number of benzene rings is 2. The van der Waals surface area contributed by atoms with Crippen molar-refractivity contribution in [2.75, 3.05) is 11.9 Å². The van der Waals surface area contributed by atoms with Gasteiger partial charge < -0.3 is 9.84 Å². The summed E-state index contributed by atoms with van der Waals surface area (Å²) in [6.45, 7) is 3.69. The second-order valence-electron chi connectivity index (χ2n) is 5.70. The van der Waals surface area contributed by atoms with Crippen molar-refractivity contribution in [1.82, 2.24) is 14.9 Å². The lowest BCUT2D eigenvalue weighted by molar-refractivity contribution is 0.102. The molecule has 140 valence electrons. The van der Waals surface area contributed by atoms with Crippen molar-refractivity contribution >= 4 is 21.6 Å². The van der Waals surface area contributed by atoms with Gasteiger partial charge >= 0.3 is 0 Å². The Morgan fingerprint density at radius 1 is 1.15 bits per heavy atom. The Bertz CT molecular complexity index is 1060. The molecule has 0 saturated heterocycles. The van der Waals surface area contributed by atoms with Crippen molar-refractivity contribution < 1.29 is 17.7 Å². The van der Waals surface area contributed by atoms with Gasteiger partial charge in [-0.25, -0.2) is 13.1 Å². The largest absolute Gasteiger partial charge is 0.339 e. The van der Waals surface area contributed by atoms with Gasteiger partial charge in [0.2, 0.25) is 21.7 Å². The van der Waals surface area contributed by atoms with Crippen LogP contribution in [0.4, 0.5) is 5.69 Å². The second kappa shape index (κ2) is 7.68. The maximum Gasteiger partial charge on any atom is 0.255 e. The predicted molar refractivity (Wildman–Crippen MR) is 99.7 cm³/mol. The minimum absolute atomic E-state index is 0.107. The summed E-state index contributed by atoms with van der Waals surface area (Å²) in [4.78, 5) is 16.7. The number of anilines is 1. The molecule has 2 aromatic carbocycles. The van der Waals surface area contributed by atoms with E-state index in [-0.39, 0.29) is 10.8 Å². The maximum absolute atomic E-state index is 12.4. The third kappa shape index (κ3) is 4.39. The first-order valence-electron chi connectivity index (χ1n) is 8.21. The normalized spacial score (nSPS) is 11.3. The van der Waals surface area contributed by atoms with E-state index in [1.165, 1.54) is 24.3 Å². The van der Waals surface area contributed by atoms with Crippen molar-refractivity contribution in [3.8, 4) is 11.4 Å². The summed E-state index contributed by atoms with van der Waals surface area (Å²) in [6, 6.07) is 12.8. The van der Waals surface area contributed by atoms with Crippen LogP contribution in [0.2, 0.25) is 0 Å². The number of nitrogens with zero attached hydrogens (tertiary/aromatic N) is 2. The molecule has 0 aliphatic heterocycles. The molecular formula is C18H18N4O4S. The summed E-state index contributed by atoms with van der Waals surface area (Å²) in [5, 5.41) is 6.62. The predicted octanol–water partition coefficient (Wildman–Crippen LogP) is 2.60. The van der Waals surface area contributed by atoms with Crippen molar-refractivity contribution in [3.05, 3.63) is 60.0 Å². The van der Waals surface area contributed by atoms with Crippen molar-refractivity contribution in [2.24, 2.45) is 0 Å². The Morgan fingerprint density at radius 2 is 1.89 bits per heavy atom. The molecule has 27 heavy (non-hydrogen) atoms. The minimum atomic E-state index is -3.55. The molecule has 0 fully saturated rings. The van der Waals surface area contributed by atoms with E-state index < -0.39 is 10.0 Å². The minimum Gasteiger partial charge on any atom is -0.339 e. The molecule has 3 aromatic rings. The maximum atomic E-state index is 12.4. The molecule has 0 atom stereocenters. The highest BCUT2D eigenvalue weighted by Crippen LogP contribution is 2.20. The van der Waals surface area contributed by atoms with Crippen LogP contribution in [-0.4, -0.2) is 31.0 Å². The topological polar surface area (TPSA) is 114 Å². The van der Waals surface area contributed by atoms with E-state index in [1.54, 1.807) is 38.1 Å². The number of hydrogen-bond acceptors (Lipinski definition) is 6. The Balaban J connectivity index is 1.76. The van der Waals surface area contributed by atoms with Crippen LogP contribution in [-0.2, 0) is 10.0 Å². The number of carbonyl (C=O) groups is 1. The number of hydrogen-bond donors (Lipinski definition) is 2. The number of aryl methyl sites for hydroxylation is 1. The Morgan fingerprint density at radius 3 is 2.52 bits per heavy atom. The fourth-order valence-corrected chi connectivity index (χ4v) is 3.46. The van der Waals surface area contributed by atoms with Crippen LogP contribution < -0.4 is 10.0 Å². The first-order chi connectivity index (χ1) is 12.9.